The SMILES string of the molecule is COc1ccc(C)cc1NC(=O)CN(CCO)CC(F)F. The van der Waals surface area contributed by atoms with Crippen molar-refractivity contribution in [2.75, 3.05) is 38.7 Å². The molecule has 0 spiro atoms. The maximum Gasteiger partial charge on any atom is 0.251 e. The van der Waals surface area contributed by atoms with Crippen LogP contribution in [0, 0.1) is 6.92 Å². The molecular formula is C14H20F2N2O3. The lowest BCUT2D eigenvalue weighted by atomic mass is 10.2. The fraction of sp³-hybridized carbons (Fsp3) is 0.500. The van der Waals surface area contributed by atoms with Crippen LogP contribution in [0.4, 0.5) is 14.5 Å². The van der Waals surface area contributed by atoms with Crippen molar-refractivity contribution in [3.8, 4) is 5.75 Å². The molecule has 0 radical (unpaired) electrons. The van der Waals surface area contributed by atoms with Crippen molar-refractivity contribution < 1.29 is 23.4 Å². The van der Waals surface area contributed by atoms with Crippen LogP contribution in [0.3, 0.4) is 0 Å². The number of carbonyl (C=O) groups is 1. The van der Waals surface area contributed by atoms with Gasteiger partial charge < -0.3 is 15.2 Å². The minimum absolute atomic E-state index is 0.0166. The molecule has 0 saturated heterocycles. The minimum atomic E-state index is -2.56. The largest absolute Gasteiger partial charge is 0.495 e. The third-order valence-electron chi connectivity index (χ3n) is 2.81. The van der Waals surface area contributed by atoms with E-state index in [1.807, 2.05) is 13.0 Å². The normalized spacial score (nSPS) is 11.0. The van der Waals surface area contributed by atoms with E-state index in [1.165, 1.54) is 12.0 Å². The third-order valence-corrected chi connectivity index (χ3v) is 2.81. The molecule has 1 rings (SSSR count). The molecular weight excluding hydrogens is 282 g/mol. The molecule has 118 valence electrons. The maximum absolute atomic E-state index is 12.4. The first-order valence-corrected chi connectivity index (χ1v) is 6.52. The van der Waals surface area contributed by atoms with Crippen LogP contribution in [0.5, 0.6) is 5.75 Å². The number of hydrogen-bond acceptors (Lipinski definition) is 4. The van der Waals surface area contributed by atoms with Crippen molar-refractivity contribution in [3.05, 3.63) is 23.8 Å². The molecule has 0 fully saturated rings. The zero-order valence-corrected chi connectivity index (χ0v) is 12.1. The number of methoxy groups -OCH3 is 1. The summed E-state index contributed by atoms with van der Waals surface area (Å²) in [6.07, 6.45) is -2.56. The number of aliphatic hydroxyl groups excluding tert-OH is 1. The number of nitrogens with zero attached hydrogens (tertiary/aromatic N) is 1. The summed E-state index contributed by atoms with van der Waals surface area (Å²) in [6, 6.07) is 5.29. The van der Waals surface area contributed by atoms with Crippen LogP contribution >= 0.6 is 0 Å². The van der Waals surface area contributed by atoms with Crippen molar-refractivity contribution in [1.29, 1.82) is 0 Å². The maximum atomic E-state index is 12.4. The first-order chi connectivity index (χ1) is 9.96. The second-order valence-corrected chi connectivity index (χ2v) is 4.60. The van der Waals surface area contributed by atoms with E-state index < -0.39 is 18.9 Å². The van der Waals surface area contributed by atoms with Crippen LogP contribution in [0.15, 0.2) is 18.2 Å². The van der Waals surface area contributed by atoms with Crippen LogP contribution in [0.1, 0.15) is 5.56 Å². The predicted octanol–water partition coefficient (Wildman–Crippen LogP) is 1.50. The van der Waals surface area contributed by atoms with Gasteiger partial charge in [-0.25, -0.2) is 8.78 Å². The van der Waals surface area contributed by atoms with E-state index in [0.29, 0.717) is 11.4 Å². The molecule has 21 heavy (non-hydrogen) atoms. The number of halogens is 2. The zero-order valence-electron chi connectivity index (χ0n) is 12.1. The van der Waals surface area contributed by atoms with E-state index in [4.69, 9.17) is 9.84 Å². The average molecular weight is 302 g/mol. The summed E-state index contributed by atoms with van der Waals surface area (Å²) >= 11 is 0. The molecule has 1 amide bonds. The van der Waals surface area contributed by atoms with Gasteiger partial charge in [-0.3, -0.25) is 9.69 Å². The Morgan fingerprint density at radius 3 is 2.76 bits per heavy atom. The molecule has 0 aromatic heterocycles. The zero-order chi connectivity index (χ0) is 15.8. The van der Waals surface area contributed by atoms with Gasteiger partial charge in [-0.2, -0.15) is 0 Å². The summed E-state index contributed by atoms with van der Waals surface area (Å²) in [5.41, 5.74) is 1.43. The monoisotopic (exact) mass is 302 g/mol. The molecule has 1 aromatic carbocycles. The minimum Gasteiger partial charge on any atom is -0.495 e. The van der Waals surface area contributed by atoms with Gasteiger partial charge in [0.05, 0.1) is 32.5 Å². The Kier molecular flexibility index (Phi) is 7.04. The van der Waals surface area contributed by atoms with Crippen LogP contribution in [-0.2, 0) is 4.79 Å². The van der Waals surface area contributed by atoms with Gasteiger partial charge in [0.25, 0.3) is 6.43 Å². The number of anilines is 1. The number of nitrogens with one attached hydrogen (secondary N) is 1. The Morgan fingerprint density at radius 2 is 2.19 bits per heavy atom. The van der Waals surface area contributed by atoms with E-state index in [-0.39, 0.29) is 19.7 Å². The Bertz CT molecular complexity index is 470. The highest BCUT2D eigenvalue weighted by molar-refractivity contribution is 5.93. The summed E-state index contributed by atoms with van der Waals surface area (Å²) in [6.45, 7) is 0.821. The van der Waals surface area contributed by atoms with E-state index in [1.54, 1.807) is 12.1 Å². The number of benzene rings is 1. The van der Waals surface area contributed by atoms with Crippen molar-refractivity contribution in [2.45, 2.75) is 13.3 Å². The summed E-state index contributed by atoms with van der Waals surface area (Å²) < 4.78 is 29.9. The third kappa shape index (κ3) is 6.05. The van der Waals surface area contributed by atoms with Gasteiger partial charge in [0.2, 0.25) is 5.91 Å². The fourth-order valence-electron chi connectivity index (χ4n) is 1.88. The molecule has 1 aromatic rings. The number of rotatable bonds is 8. The summed E-state index contributed by atoms with van der Waals surface area (Å²) in [5, 5.41) is 11.5. The summed E-state index contributed by atoms with van der Waals surface area (Å²) in [4.78, 5) is 13.1. The Hall–Kier alpha value is -1.73. The van der Waals surface area contributed by atoms with Gasteiger partial charge in [0, 0.05) is 6.54 Å². The number of carbonyl (C=O) groups excluding carboxylic acids is 1. The predicted molar refractivity (Wildman–Crippen MR) is 75.9 cm³/mol. The Morgan fingerprint density at radius 1 is 1.48 bits per heavy atom. The highest BCUT2D eigenvalue weighted by Gasteiger charge is 2.16. The van der Waals surface area contributed by atoms with Crippen LogP contribution < -0.4 is 10.1 Å². The molecule has 2 N–H and O–H groups in total. The first kappa shape index (κ1) is 17.3. The van der Waals surface area contributed by atoms with Gasteiger partial charge >= 0.3 is 0 Å². The lowest BCUT2D eigenvalue weighted by molar-refractivity contribution is -0.117. The lowest BCUT2D eigenvalue weighted by Gasteiger charge is -2.20. The van der Waals surface area contributed by atoms with E-state index in [9.17, 15) is 13.6 Å². The van der Waals surface area contributed by atoms with Gasteiger partial charge in [-0.15, -0.1) is 0 Å². The Balaban J connectivity index is 2.69. The van der Waals surface area contributed by atoms with Crippen LogP contribution in [-0.4, -0.2) is 55.7 Å². The summed E-state index contributed by atoms with van der Waals surface area (Å²) in [5.74, 6) is 0.0597. The van der Waals surface area contributed by atoms with Crippen molar-refractivity contribution in [2.24, 2.45) is 0 Å². The topological polar surface area (TPSA) is 61.8 Å². The quantitative estimate of drug-likeness (QED) is 0.764. The van der Waals surface area contributed by atoms with Gasteiger partial charge in [-0.05, 0) is 24.6 Å². The summed E-state index contributed by atoms with van der Waals surface area (Å²) in [7, 11) is 1.48. The number of alkyl halides is 2. The van der Waals surface area contributed by atoms with Gasteiger partial charge in [0.1, 0.15) is 5.75 Å². The molecule has 0 bridgehead atoms. The van der Waals surface area contributed by atoms with E-state index in [2.05, 4.69) is 5.32 Å². The number of amides is 1. The van der Waals surface area contributed by atoms with Crippen molar-refractivity contribution in [1.82, 2.24) is 4.90 Å². The van der Waals surface area contributed by atoms with Crippen molar-refractivity contribution in [3.63, 3.8) is 0 Å². The number of aryl methyl sites for hydroxylation is 1. The fourth-order valence-corrected chi connectivity index (χ4v) is 1.88. The number of hydrogen-bond donors (Lipinski definition) is 2. The molecule has 0 aliphatic carbocycles. The average Bonchev–Trinajstić information content (AvgIpc) is 2.38. The molecule has 0 atom stereocenters. The highest BCUT2D eigenvalue weighted by atomic mass is 19.3. The molecule has 0 aliphatic heterocycles. The van der Waals surface area contributed by atoms with Gasteiger partial charge in [0.15, 0.2) is 0 Å². The lowest BCUT2D eigenvalue weighted by Crippen LogP contribution is -2.38. The molecule has 0 aliphatic rings. The molecule has 0 unspecified atom stereocenters. The van der Waals surface area contributed by atoms with E-state index in [0.717, 1.165) is 5.56 Å². The molecule has 0 heterocycles. The smallest absolute Gasteiger partial charge is 0.251 e. The van der Waals surface area contributed by atoms with Crippen molar-refractivity contribution >= 4 is 11.6 Å². The first-order valence-electron chi connectivity index (χ1n) is 6.52. The van der Waals surface area contributed by atoms with Crippen LogP contribution in [0.2, 0.25) is 0 Å². The highest BCUT2D eigenvalue weighted by Crippen LogP contribution is 2.25. The molecule has 5 nitrogen and oxygen atoms in total. The number of ether oxygens (including phenoxy) is 1. The second kappa shape index (κ2) is 8.53. The number of aliphatic hydroxyl groups is 1. The Labute approximate surface area is 122 Å². The van der Waals surface area contributed by atoms with Gasteiger partial charge in [-0.1, -0.05) is 6.07 Å². The molecule has 0 saturated carbocycles. The van der Waals surface area contributed by atoms with E-state index >= 15 is 0 Å². The van der Waals surface area contributed by atoms with Crippen LogP contribution in [0.25, 0.3) is 0 Å². The molecule has 7 heteroatoms. The standard InChI is InChI=1S/C14H20F2N2O3/c1-10-3-4-12(21-2)11(7-10)17-14(20)9-18(5-6-19)8-13(15)16/h3-4,7,13,19H,5-6,8-9H2,1-2H3,(H,17,20). The second-order valence-electron chi connectivity index (χ2n) is 4.60.